The topological polar surface area (TPSA) is 33.1 Å². The zero-order valence-electron chi connectivity index (χ0n) is 12.2. The molecule has 1 aliphatic heterocycles. The van der Waals surface area contributed by atoms with E-state index >= 15 is 0 Å². The first-order chi connectivity index (χ1) is 9.31. The van der Waals surface area contributed by atoms with Gasteiger partial charge >= 0.3 is 0 Å². The Kier molecular flexibility index (Phi) is 3.78. The van der Waals surface area contributed by atoms with Gasteiger partial charge in [-0.3, -0.25) is 0 Å². The number of hydrogen-bond donors (Lipinski definition) is 1. The molecule has 19 heavy (non-hydrogen) atoms. The van der Waals surface area contributed by atoms with E-state index in [0.29, 0.717) is 0 Å². The molecule has 3 rings (SSSR count). The molecular weight excluding hydrogens is 236 g/mol. The van der Waals surface area contributed by atoms with Crippen molar-refractivity contribution in [1.29, 1.82) is 0 Å². The number of aryl methyl sites for hydroxylation is 1. The molecule has 2 aliphatic rings. The molecule has 0 amide bonds. The van der Waals surface area contributed by atoms with Crippen molar-refractivity contribution in [2.45, 2.75) is 45.1 Å². The zero-order chi connectivity index (χ0) is 13.2. The first-order valence-corrected chi connectivity index (χ1v) is 7.79. The van der Waals surface area contributed by atoms with Crippen LogP contribution in [-0.4, -0.2) is 36.2 Å². The van der Waals surface area contributed by atoms with Crippen molar-refractivity contribution in [3.05, 3.63) is 11.9 Å². The minimum Gasteiger partial charge on any atom is -0.342 e. The van der Waals surface area contributed by atoms with Gasteiger partial charge in [-0.25, -0.2) is 4.98 Å². The summed E-state index contributed by atoms with van der Waals surface area (Å²) < 4.78 is 2.45. The van der Waals surface area contributed by atoms with Crippen LogP contribution in [0.1, 0.15) is 44.3 Å². The second-order valence-corrected chi connectivity index (χ2v) is 6.04. The summed E-state index contributed by atoms with van der Waals surface area (Å²) in [6, 6.07) is 0.729. The lowest BCUT2D eigenvalue weighted by Gasteiger charge is -2.33. The summed E-state index contributed by atoms with van der Waals surface area (Å²) in [7, 11) is 2.05. The van der Waals surface area contributed by atoms with Gasteiger partial charge in [-0.15, -0.1) is 0 Å². The molecule has 2 heterocycles. The van der Waals surface area contributed by atoms with Crippen molar-refractivity contribution in [3.8, 4) is 0 Å². The molecule has 1 unspecified atom stereocenters. The molecule has 0 bridgehead atoms. The van der Waals surface area contributed by atoms with Gasteiger partial charge in [0.05, 0.1) is 5.69 Å². The highest BCUT2D eigenvalue weighted by atomic mass is 15.3. The van der Waals surface area contributed by atoms with E-state index in [4.69, 9.17) is 4.98 Å². The van der Waals surface area contributed by atoms with Crippen LogP contribution in [0.3, 0.4) is 0 Å². The van der Waals surface area contributed by atoms with Crippen LogP contribution in [0.5, 0.6) is 0 Å². The van der Waals surface area contributed by atoms with E-state index in [9.17, 15) is 0 Å². The molecule has 4 nitrogen and oxygen atoms in total. The summed E-state index contributed by atoms with van der Waals surface area (Å²) in [5.41, 5.74) is 1.25. The summed E-state index contributed by atoms with van der Waals surface area (Å²) in [6.07, 6.45) is 8.64. The first-order valence-electron chi connectivity index (χ1n) is 7.79. The van der Waals surface area contributed by atoms with E-state index in [0.717, 1.165) is 31.5 Å². The smallest absolute Gasteiger partial charge is 0.205 e. The van der Waals surface area contributed by atoms with Crippen LogP contribution < -0.4 is 10.2 Å². The number of nitrogens with one attached hydrogen (secondary N) is 1. The van der Waals surface area contributed by atoms with Gasteiger partial charge in [-0.2, -0.15) is 0 Å². The molecule has 1 atom stereocenters. The Morgan fingerprint density at radius 2 is 2.21 bits per heavy atom. The van der Waals surface area contributed by atoms with Crippen LogP contribution in [0, 0.1) is 5.92 Å². The van der Waals surface area contributed by atoms with E-state index in [2.05, 4.69) is 35.0 Å². The highest BCUT2D eigenvalue weighted by Gasteiger charge is 2.30. The number of anilines is 1. The highest BCUT2D eigenvalue weighted by Crippen LogP contribution is 2.39. The third kappa shape index (κ3) is 2.78. The van der Waals surface area contributed by atoms with Crippen molar-refractivity contribution in [2.75, 3.05) is 31.6 Å². The van der Waals surface area contributed by atoms with Crippen LogP contribution >= 0.6 is 0 Å². The van der Waals surface area contributed by atoms with Crippen molar-refractivity contribution in [2.24, 2.45) is 5.92 Å². The van der Waals surface area contributed by atoms with Crippen molar-refractivity contribution >= 4 is 5.95 Å². The lowest BCUT2D eigenvalue weighted by atomic mass is 9.98. The van der Waals surface area contributed by atoms with E-state index in [-0.39, 0.29) is 0 Å². The Labute approximate surface area is 116 Å². The molecule has 1 aromatic rings. The van der Waals surface area contributed by atoms with E-state index in [1.807, 2.05) is 0 Å². The zero-order valence-corrected chi connectivity index (χ0v) is 12.2. The lowest BCUT2D eigenvalue weighted by molar-refractivity contribution is 0.396. The fraction of sp³-hybridized carbons (Fsp3) is 0.800. The molecule has 2 fully saturated rings. The molecule has 1 aliphatic carbocycles. The minimum absolute atomic E-state index is 0.729. The molecule has 0 spiro atoms. The Hall–Kier alpha value is -1.03. The molecule has 0 aromatic carbocycles. The van der Waals surface area contributed by atoms with E-state index in [1.54, 1.807) is 0 Å². The summed E-state index contributed by atoms with van der Waals surface area (Å²) in [5, 5.41) is 3.32. The largest absolute Gasteiger partial charge is 0.342 e. The number of hydrogen-bond acceptors (Lipinski definition) is 3. The molecule has 1 saturated carbocycles. The third-order valence-electron chi connectivity index (χ3n) is 4.36. The van der Waals surface area contributed by atoms with E-state index < -0.39 is 0 Å². The summed E-state index contributed by atoms with van der Waals surface area (Å²) in [6.45, 7) is 5.66. The second-order valence-electron chi connectivity index (χ2n) is 6.04. The maximum Gasteiger partial charge on any atom is 0.205 e. The standard InChI is InChI=1S/C15H26N4/c1-3-13-11-19(14-6-7-14)15(17-13)18-8-4-5-12(10-18)9-16-2/h11-12,14,16H,3-10H2,1-2H3. The van der Waals surface area contributed by atoms with Crippen LogP contribution in [0.25, 0.3) is 0 Å². The molecule has 4 heteroatoms. The van der Waals surface area contributed by atoms with Gasteiger partial charge in [-0.1, -0.05) is 6.92 Å². The third-order valence-corrected chi connectivity index (χ3v) is 4.36. The number of nitrogens with zero attached hydrogens (tertiary/aromatic N) is 3. The maximum atomic E-state index is 4.88. The van der Waals surface area contributed by atoms with Gasteiger partial charge in [0.15, 0.2) is 0 Å². The monoisotopic (exact) mass is 262 g/mol. The summed E-state index contributed by atoms with van der Waals surface area (Å²) in [5.74, 6) is 2.01. The SMILES string of the molecule is CCc1cn(C2CC2)c(N2CCCC(CNC)C2)n1. The van der Waals surface area contributed by atoms with Crippen molar-refractivity contribution in [1.82, 2.24) is 14.9 Å². The van der Waals surface area contributed by atoms with Gasteiger partial charge < -0.3 is 14.8 Å². The quantitative estimate of drug-likeness (QED) is 0.883. The summed E-state index contributed by atoms with van der Waals surface area (Å²) in [4.78, 5) is 7.39. The minimum atomic E-state index is 0.729. The fourth-order valence-electron chi connectivity index (χ4n) is 3.16. The lowest BCUT2D eigenvalue weighted by Crippen LogP contribution is -2.40. The fourth-order valence-corrected chi connectivity index (χ4v) is 3.16. The van der Waals surface area contributed by atoms with E-state index in [1.165, 1.54) is 43.9 Å². The maximum absolute atomic E-state index is 4.88. The number of rotatable bonds is 5. The van der Waals surface area contributed by atoms with Crippen molar-refractivity contribution < 1.29 is 0 Å². The number of aromatic nitrogens is 2. The van der Waals surface area contributed by atoms with Gasteiger partial charge in [0.1, 0.15) is 0 Å². The average molecular weight is 262 g/mol. The van der Waals surface area contributed by atoms with Crippen LogP contribution in [0.15, 0.2) is 6.20 Å². The Morgan fingerprint density at radius 3 is 2.89 bits per heavy atom. The molecule has 1 saturated heterocycles. The first kappa shape index (κ1) is 13.0. The number of imidazole rings is 1. The van der Waals surface area contributed by atoms with Crippen LogP contribution in [0.4, 0.5) is 5.95 Å². The molecule has 1 aromatic heterocycles. The average Bonchev–Trinajstić information content (AvgIpc) is 3.19. The Bertz CT molecular complexity index is 420. The van der Waals surface area contributed by atoms with Crippen LogP contribution in [0.2, 0.25) is 0 Å². The molecular formula is C15H26N4. The molecule has 106 valence electrons. The second kappa shape index (κ2) is 5.53. The Morgan fingerprint density at radius 1 is 1.37 bits per heavy atom. The summed E-state index contributed by atoms with van der Waals surface area (Å²) >= 11 is 0. The van der Waals surface area contributed by atoms with Crippen molar-refractivity contribution in [3.63, 3.8) is 0 Å². The normalized spacial score (nSPS) is 23.9. The van der Waals surface area contributed by atoms with Crippen LogP contribution in [-0.2, 0) is 6.42 Å². The Balaban J connectivity index is 1.78. The number of piperidine rings is 1. The van der Waals surface area contributed by atoms with Gasteiger partial charge in [0.25, 0.3) is 0 Å². The molecule has 1 N–H and O–H groups in total. The predicted molar refractivity (Wildman–Crippen MR) is 78.7 cm³/mol. The van der Waals surface area contributed by atoms with Gasteiger partial charge in [0.2, 0.25) is 5.95 Å². The molecule has 0 radical (unpaired) electrons. The van der Waals surface area contributed by atoms with Gasteiger partial charge in [-0.05, 0) is 51.6 Å². The highest BCUT2D eigenvalue weighted by molar-refractivity contribution is 5.36. The van der Waals surface area contributed by atoms with Gasteiger partial charge in [0, 0.05) is 25.3 Å². The predicted octanol–water partition coefficient (Wildman–Crippen LogP) is 2.22.